The Balaban J connectivity index is 0. The van der Waals surface area contributed by atoms with Crippen molar-refractivity contribution in [3.8, 4) is 0 Å². The van der Waals surface area contributed by atoms with E-state index in [1.165, 1.54) is 90.4 Å². The standard InChI is InChI=1S/C20H40O3.K.H/c1-3-4-5-6-7-8-9-10-11-12-13-14-15-16-17-22-18-19-23-20(2)21;;/h3-19H2,1-2H3;;. The summed E-state index contributed by atoms with van der Waals surface area (Å²) in [5, 5.41) is 0. The van der Waals surface area contributed by atoms with Gasteiger partial charge in [-0.3, -0.25) is 4.79 Å². The minimum absolute atomic E-state index is 0. The molecule has 0 aromatic carbocycles. The molecule has 0 saturated carbocycles. The van der Waals surface area contributed by atoms with Crippen molar-refractivity contribution < 1.29 is 14.3 Å². The van der Waals surface area contributed by atoms with Gasteiger partial charge in [-0.05, 0) is 6.42 Å². The van der Waals surface area contributed by atoms with Gasteiger partial charge >= 0.3 is 57.4 Å². The van der Waals surface area contributed by atoms with Gasteiger partial charge in [0.1, 0.15) is 6.61 Å². The van der Waals surface area contributed by atoms with Gasteiger partial charge in [0, 0.05) is 13.5 Å². The molecule has 0 bridgehead atoms. The first-order valence-corrected chi connectivity index (χ1v) is 9.98. The van der Waals surface area contributed by atoms with Gasteiger partial charge in [0.2, 0.25) is 0 Å². The number of unbranched alkanes of at least 4 members (excludes halogenated alkanes) is 13. The maximum absolute atomic E-state index is 10.5. The third-order valence-electron chi connectivity index (χ3n) is 4.18. The molecule has 3 nitrogen and oxygen atoms in total. The van der Waals surface area contributed by atoms with Gasteiger partial charge in [-0.1, -0.05) is 90.4 Å². The molecule has 0 fully saturated rings. The Morgan fingerprint density at radius 1 is 0.625 bits per heavy atom. The van der Waals surface area contributed by atoms with Crippen LogP contribution in [0.25, 0.3) is 0 Å². The van der Waals surface area contributed by atoms with E-state index in [0.717, 1.165) is 13.0 Å². The van der Waals surface area contributed by atoms with E-state index in [4.69, 9.17) is 9.47 Å². The van der Waals surface area contributed by atoms with Crippen molar-refractivity contribution in [1.82, 2.24) is 0 Å². The molecule has 0 heterocycles. The molecule has 0 aliphatic carbocycles. The summed E-state index contributed by atoms with van der Waals surface area (Å²) >= 11 is 0. The number of esters is 1. The zero-order chi connectivity index (χ0) is 17.0. The molecule has 0 rings (SSSR count). The molecule has 0 atom stereocenters. The van der Waals surface area contributed by atoms with E-state index in [1.54, 1.807) is 0 Å². The normalized spacial score (nSPS) is 10.4. The first-order valence-electron chi connectivity index (χ1n) is 9.98. The van der Waals surface area contributed by atoms with Crippen molar-refractivity contribution >= 4 is 57.4 Å². The van der Waals surface area contributed by atoms with Crippen molar-refractivity contribution in [2.24, 2.45) is 0 Å². The van der Waals surface area contributed by atoms with Crippen LogP contribution in [0.2, 0.25) is 0 Å². The van der Waals surface area contributed by atoms with E-state index in [1.807, 2.05) is 0 Å². The van der Waals surface area contributed by atoms with Crippen LogP contribution >= 0.6 is 0 Å². The molecule has 24 heavy (non-hydrogen) atoms. The molecule has 0 aliphatic rings. The summed E-state index contributed by atoms with van der Waals surface area (Å²) in [4.78, 5) is 10.5. The zero-order valence-corrected chi connectivity index (χ0v) is 15.7. The number of carbonyl (C=O) groups excluding carboxylic acids is 1. The van der Waals surface area contributed by atoms with Crippen molar-refractivity contribution in [2.45, 2.75) is 104 Å². The molecule has 0 aliphatic heterocycles. The Bertz CT molecular complexity index is 247. The summed E-state index contributed by atoms with van der Waals surface area (Å²) in [6, 6.07) is 0. The second-order valence-corrected chi connectivity index (χ2v) is 6.55. The van der Waals surface area contributed by atoms with Crippen LogP contribution < -0.4 is 0 Å². The molecule has 0 radical (unpaired) electrons. The molecule has 0 amide bonds. The van der Waals surface area contributed by atoms with Gasteiger partial charge < -0.3 is 9.47 Å². The first kappa shape index (κ1) is 27.3. The van der Waals surface area contributed by atoms with E-state index < -0.39 is 0 Å². The van der Waals surface area contributed by atoms with E-state index in [-0.39, 0.29) is 57.4 Å². The van der Waals surface area contributed by atoms with Crippen molar-refractivity contribution in [3.05, 3.63) is 0 Å². The average Bonchev–Trinajstić information content (AvgIpc) is 2.53. The van der Waals surface area contributed by atoms with Crippen molar-refractivity contribution in [3.63, 3.8) is 0 Å². The third kappa shape index (κ3) is 25.3. The summed E-state index contributed by atoms with van der Waals surface area (Å²) in [6.07, 6.45) is 19.2. The van der Waals surface area contributed by atoms with Crippen LogP contribution in [0.5, 0.6) is 0 Å². The predicted octanol–water partition coefficient (Wildman–Crippen LogP) is 5.40. The van der Waals surface area contributed by atoms with E-state index in [0.29, 0.717) is 13.2 Å². The molecule has 0 aromatic heterocycles. The van der Waals surface area contributed by atoms with Crippen LogP contribution in [0.1, 0.15) is 104 Å². The Morgan fingerprint density at radius 2 is 1.04 bits per heavy atom. The van der Waals surface area contributed by atoms with E-state index in [9.17, 15) is 4.79 Å². The van der Waals surface area contributed by atoms with E-state index in [2.05, 4.69) is 6.92 Å². The Labute approximate surface area is 193 Å². The molecular weight excluding hydrogens is 327 g/mol. The predicted molar refractivity (Wildman–Crippen MR) is 105 cm³/mol. The minimum atomic E-state index is -0.231. The van der Waals surface area contributed by atoms with Crippen LogP contribution in [0.3, 0.4) is 0 Å². The fraction of sp³-hybridized carbons (Fsp3) is 0.950. The summed E-state index contributed by atoms with van der Waals surface area (Å²) in [6.45, 7) is 5.40. The van der Waals surface area contributed by atoms with Crippen LogP contribution in [0.4, 0.5) is 0 Å². The SMILES string of the molecule is CCCCCCCCCCCCCCCCOCCOC(C)=O.[KH]. The third-order valence-corrected chi connectivity index (χ3v) is 4.18. The summed E-state index contributed by atoms with van der Waals surface area (Å²) in [5.41, 5.74) is 0. The number of rotatable bonds is 18. The first-order chi connectivity index (χ1) is 11.3. The molecule has 0 aromatic rings. The molecule has 140 valence electrons. The fourth-order valence-electron chi connectivity index (χ4n) is 2.75. The molecule has 4 heteroatoms. The van der Waals surface area contributed by atoms with Crippen LogP contribution in [0, 0.1) is 0 Å². The molecule has 0 unspecified atom stereocenters. The van der Waals surface area contributed by atoms with Crippen LogP contribution in [0.15, 0.2) is 0 Å². The summed E-state index contributed by atoms with van der Waals surface area (Å²) in [5.74, 6) is -0.231. The Hall–Kier alpha value is 1.07. The second kappa shape index (κ2) is 24.1. The Morgan fingerprint density at radius 3 is 1.46 bits per heavy atom. The van der Waals surface area contributed by atoms with Crippen LogP contribution in [-0.4, -0.2) is 77.2 Å². The van der Waals surface area contributed by atoms with Crippen LogP contribution in [-0.2, 0) is 14.3 Å². The van der Waals surface area contributed by atoms with Gasteiger partial charge in [0.15, 0.2) is 0 Å². The maximum atomic E-state index is 10.5. The molecule has 0 N–H and O–H groups in total. The quantitative estimate of drug-likeness (QED) is 0.185. The molecule has 0 spiro atoms. The number of ether oxygens (including phenoxy) is 2. The van der Waals surface area contributed by atoms with Gasteiger partial charge in [-0.2, -0.15) is 0 Å². The van der Waals surface area contributed by atoms with Gasteiger partial charge in [-0.25, -0.2) is 0 Å². The van der Waals surface area contributed by atoms with E-state index >= 15 is 0 Å². The zero-order valence-electron chi connectivity index (χ0n) is 15.7. The number of carbonyl (C=O) groups is 1. The van der Waals surface area contributed by atoms with Crippen molar-refractivity contribution in [1.29, 1.82) is 0 Å². The summed E-state index contributed by atoms with van der Waals surface area (Å²) in [7, 11) is 0. The second-order valence-electron chi connectivity index (χ2n) is 6.55. The number of hydrogen-bond donors (Lipinski definition) is 0. The topological polar surface area (TPSA) is 35.5 Å². The monoisotopic (exact) mass is 368 g/mol. The van der Waals surface area contributed by atoms with Crippen molar-refractivity contribution in [2.75, 3.05) is 19.8 Å². The van der Waals surface area contributed by atoms with Gasteiger partial charge in [-0.15, -0.1) is 0 Å². The van der Waals surface area contributed by atoms with Gasteiger partial charge in [0.05, 0.1) is 6.61 Å². The van der Waals surface area contributed by atoms with Gasteiger partial charge in [0.25, 0.3) is 0 Å². The Kier molecular flexibility index (Phi) is 27.4. The molecule has 0 saturated heterocycles. The average molecular weight is 369 g/mol. The summed E-state index contributed by atoms with van der Waals surface area (Å²) < 4.78 is 10.2. The fourth-order valence-corrected chi connectivity index (χ4v) is 2.75. The molecular formula is C20H41KO3. The number of hydrogen-bond acceptors (Lipinski definition) is 3.